The van der Waals surface area contributed by atoms with Crippen molar-refractivity contribution in [3.8, 4) is 0 Å². The Labute approximate surface area is 121 Å². The molecule has 3 aromatic rings. The van der Waals surface area contributed by atoms with Gasteiger partial charge in [-0.05, 0) is 31.2 Å². The molecule has 0 amide bonds. The van der Waals surface area contributed by atoms with E-state index in [9.17, 15) is 4.79 Å². The van der Waals surface area contributed by atoms with Crippen LogP contribution in [0, 0.1) is 0 Å². The van der Waals surface area contributed by atoms with Gasteiger partial charge in [0, 0.05) is 10.6 Å². The lowest BCUT2D eigenvalue weighted by molar-refractivity contribution is 0.0937. The molecular formula is C16H13ClN2O. The number of rotatable bonds is 3. The van der Waals surface area contributed by atoms with Crippen molar-refractivity contribution in [3.63, 3.8) is 0 Å². The summed E-state index contributed by atoms with van der Waals surface area (Å²) >= 11 is 5.94. The Balaban J connectivity index is 2.00. The van der Waals surface area contributed by atoms with Gasteiger partial charge in [0.1, 0.15) is 0 Å². The number of benzene rings is 2. The Kier molecular flexibility index (Phi) is 3.28. The third-order valence-corrected chi connectivity index (χ3v) is 3.62. The van der Waals surface area contributed by atoms with Gasteiger partial charge in [0.15, 0.2) is 5.78 Å². The molecule has 1 aromatic heterocycles. The van der Waals surface area contributed by atoms with Gasteiger partial charge < -0.3 is 4.57 Å². The number of nitrogens with zero attached hydrogens (tertiary/aromatic N) is 2. The highest BCUT2D eigenvalue weighted by molar-refractivity contribution is 6.31. The molecule has 0 aliphatic carbocycles. The quantitative estimate of drug-likeness (QED) is 0.678. The minimum atomic E-state index is -0.319. The molecule has 1 unspecified atom stereocenters. The van der Waals surface area contributed by atoms with Gasteiger partial charge in [-0.15, -0.1) is 0 Å². The van der Waals surface area contributed by atoms with Crippen LogP contribution < -0.4 is 0 Å². The summed E-state index contributed by atoms with van der Waals surface area (Å²) < 4.78 is 1.89. The molecule has 1 atom stereocenters. The van der Waals surface area contributed by atoms with Crippen molar-refractivity contribution in [1.29, 1.82) is 0 Å². The number of halogens is 1. The van der Waals surface area contributed by atoms with Gasteiger partial charge in [0.05, 0.1) is 23.4 Å². The number of hydrogen-bond acceptors (Lipinski definition) is 2. The normalized spacial score (nSPS) is 12.5. The lowest BCUT2D eigenvalue weighted by Crippen LogP contribution is -2.15. The zero-order chi connectivity index (χ0) is 14.1. The van der Waals surface area contributed by atoms with Crippen LogP contribution in [-0.2, 0) is 0 Å². The minimum Gasteiger partial charge on any atom is -0.320 e. The number of aromatic nitrogens is 2. The number of carbonyl (C=O) groups is 1. The van der Waals surface area contributed by atoms with Crippen LogP contribution >= 0.6 is 11.6 Å². The van der Waals surface area contributed by atoms with Crippen molar-refractivity contribution in [2.24, 2.45) is 0 Å². The first-order valence-electron chi connectivity index (χ1n) is 6.38. The van der Waals surface area contributed by atoms with E-state index in [1.807, 2.05) is 35.8 Å². The van der Waals surface area contributed by atoms with Crippen LogP contribution in [0.15, 0.2) is 54.9 Å². The van der Waals surface area contributed by atoms with Crippen molar-refractivity contribution in [1.82, 2.24) is 9.55 Å². The van der Waals surface area contributed by atoms with E-state index < -0.39 is 0 Å². The predicted octanol–water partition coefficient (Wildman–Crippen LogP) is 4.13. The molecule has 0 bridgehead atoms. The van der Waals surface area contributed by atoms with Crippen LogP contribution in [0.5, 0.6) is 0 Å². The molecule has 1 heterocycles. The third-order valence-electron chi connectivity index (χ3n) is 3.39. The molecule has 0 N–H and O–H groups in total. The number of fused-ring (bicyclic) bond motifs is 1. The molecule has 0 saturated carbocycles. The van der Waals surface area contributed by atoms with Crippen molar-refractivity contribution in [3.05, 3.63) is 65.4 Å². The third kappa shape index (κ3) is 2.21. The lowest BCUT2D eigenvalue weighted by Gasteiger charge is -2.13. The summed E-state index contributed by atoms with van der Waals surface area (Å²) in [6.45, 7) is 1.87. The number of para-hydroxylation sites is 2. The van der Waals surface area contributed by atoms with Crippen LogP contribution in [-0.4, -0.2) is 15.3 Å². The van der Waals surface area contributed by atoms with E-state index in [0.29, 0.717) is 10.6 Å². The molecule has 0 saturated heterocycles. The molecule has 100 valence electrons. The Morgan fingerprint density at radius 3 is 2.80 bits per heavy atom. The number of Topliss-reactive ketones (excluding diaryl/α,β-unsaturated/α-hetero) is 1. The molecule has 0 spiro atoms. The van der Waals surface area contributed by atoms with E-state index in [2.05, 4.69) is 4.98 Å². The summed E-state index contributed by atoms with van der Waals surface area (Å²) in [5.74, 6) is 0.0238. The average Bonchev–Trinajstić information content (AvgIpc) is 2.89. The summed E-state index contributed by atoms with van der Waals surface area (Å²) in [5.41, 5.74) is 2.46. The number of imidazole rings is 1. The molecule has 3 nitrogen and oxygen atoms in total. The van der Waals surface area contributed by atoms with Gasteiger partial charge in [0.2, 0.25) is 0 Å². The van der Waals surface area contributed by atoms with Gasteiger partial charge in [-0.3, -0.25) is 4.79 Å². The first-order chi connectivity index (χ1) is 9.66. The average molecular weight is 285 g/mol. The molecule has 0 radical (unpaired) electrons. The number of carbonyl (C=O) groups excluding carboxylic acids is 1. The second-order valence-corrected chi connectivity index (χ2v) is 5.13. The lowest BCUT2D eigenvalue weighted by atomic mass is 10.1. The smallest absolute Gasteiger partial charge is 0.185 e. The molecule has 0 aliphatic rings. The topological polar surface area (TPSA) is 34.9 Å². The van der Waals surface area contributed by atoms with Gasteiger partial charge >= 0.3 is 0 Å². The summed E-state index contributed by atoms with van der Waals surface area (Å²) in [7, 11) is 0. The standard InChI is InChI=1S/C16H13ClN2O/c1-11(16(20)12-5-4-6-13(17)9-12)19-10-18-14-7-2-3-8-15(14)19/h2-11H,1H3. The Morgan fingerprint density at radius 1 is 1.20 bits per heavy atom. The Morgan fingerprint density at radius 2 is 2.00 bits per heavy atom. The molecule has 4 heteroatoms. The summed E-state index contributed by atoms with van der Waals surface area (Å²) in [6.07, 6.45) is 1.71. The largest absolute Gasteiger partial charge is 0.320 e. The zero-order valence-electron chi connectivity index (χ0n) is 11.0. The van der Waals surface area contributed by atoms with Gasteiger partial charge in [-0.2, -0.15) is 0 Å². The van der Waals surface area contributed by atoms with E-state index >= 15 is 0 Å². The Hall–Kier alpha value is -2.13. The highest BCUT2D eigenvalue weighted by Crippen LogP contribution is 2.22. The monoisotopic (exact) mass is 284 g/mol. The first-order valence-corrected chi connectivity index (χ1v) is 6.76. The zero-order valence-corrected chi connectivity index (χ0v) is 11.7. The van der Waals surface area contributed by atoms with Crippen LogP contribution in [0.3, 0.4) is 0 Å². The van der Waals surface area contributed by atoms with E-state index in [-0.39, 0.29) is 11.8 Å². The highest BCUT2D eigenvalue weighted by atomic mass is 35.5. The van der Waals surface area contributed by atoms with Crippen molar-refractivity contribution in [2.45, 2.75) is 13.0 Å². The van der Waals surface area contributed by atoms with Gasteiger partial charge in [-0.25, -0.2) is 4.98 Å². The van der Waals surface area contributed by atoms with E-state index in [1.54, 1.807) is 30.6 Å². The molecule has 3 rings (SSSR count). The molecule has 2 aromatic carbocycles. The molecule has 0 fully saturated rings. The number of ketones is 1. The highest BCUT2D eigenvalue weighted by Gasteiger charge is 2.18. The maximum atomic E-state index is 12.5. The van der Waals surface area contributed by atoms with E-state index in [4.69, 9.17) is 11.6 Å². The minimum absolute atomic E-state index is 0.0238. The first kappa shape index (κ1) is 12.9. The second kappa shape index (κ2) is 5.10. The number of hydrogen-bond donors (Lipinski definition) is 0. The maximum absolute atomic E-state index is 12.5. The fraction of sp³-hybridized carbons (Fsp3) is 0.125. The van der Waals surface area contributed by atoms with Crippen LogP contribution in [0.2, 0.25) is 5.02 Å². The van der Waals surface area contributed by atoms with Crippen molar-refractivity contribution < 1.29 is 4.79 Å². The Bertz CT molecular complexity index is 779. The van der Waals surface area contributed by atoms with E-state index in [1.165, 1.54) is 0 Å². The van der Waals surface area contributed by atoms with Gasteiger partial charge in [0.25, 0.3) is 0 Å². The van der Waals surface area contributed by atoms with Crippen LogP contribution in [0.25, 0.3) is 11.0 Å². The molecular weight excluding hydrogens is 272 g/mol. The maximum Gasteiger partial charge on any atom is 0.185 e. The fourth-order valence-corrected chi connectivity index (χ4v) is 2.49. The SMILES string of the molecule is CC(C(=O)c1cccc(Cl)c1)n1cnc2ccccc21. The van der Waals surface area contributed by atoms with E-state index in [0.717, 1.165) is 11.0 Å². The molecule has 20 heavy (non-hydrogen) atoms. The summed E-state index contributed by atoms with van der Waals surface area (Å²) in [4.78, 5) is 16.8. The summed E-state index contributed by atoms with van der Waals surface area (Å²) in [6, 6.07) is 14.5. The predicted molar refractivity (Wildman–Crippen MR) is 80.2 cm³/mol. The fourth-order valence-electron chi connectivity index (χ4n) is 2.30. The van der Waals surface area contributed by atoms with Gasteiger partial charge in [-0.1, -0.05) is 35.9 Å². The second-order valence-electron chi connectivity index (χ2n) is 4.69. The van der Waals surface area contributed by atoms with Crippen molar-refractivity contribution >= 4 is 28.4 Å². The molecule has 0 aliphatic heterocycles. The van der Waals surface area contributed by atoms with Crippen molar-refractivity contribution in [2.75, 3.05) is 0 Å². The van der Waals surface area contributed by atoms with Crippen LogP contribution in [0.1, 0.15) is 23.3 Å². The summed E-state index contributed by atoms with van der Waals surface area (Å²) in [5, 5.41) is 0.568. The van der Waals surface area contributed by atoms with Crippen LogP contribution in [0.4, 0.5) is 0 Å².